The van der Waals surface area contributed by atoms with E-state index in [-0.39, 0.29) is 0 Å². The molecule has 3 nitrogen and oxygen atoms in total. The first-order chi connectivity index (χ1) is 7.45. The van der Waals surface area contributed by atoms with E-state index in [0.717, 1.165) is 6.54 Å². The number of hydrogen-bond donors (Lipinski definition) is 1. The van der Waals surface area contributed by atoms with Gasteiger partial charge in [0.25, 0.3) is 0 Å². The molecule has 1 aromatic rings. The van der Waals surface area contributed by atoms with Gasteiger partial charge in [-0.2, -0.15) is 5.10 Å². The van der Waals surface area contributed by atoms with Crippen molar-refractivity contribution in [1.82, 2.24) is 10.4 Å². The summed E-state index contributed by atoms with van der Waals surface area (Å²) in [7, 11) is 0. The summed E-state index contributed by atoms with van der Waals surface area (Å²) in [4.78, 5) is 4.06. The van der Waals surface area contributed by atoms with E-state index < -0.39 is 0 Å². The predicted octanol–water partition coefficient (Wildman–Crippen LogP) is 2.49. The molecule has 1 aliphatic carbocycles. The smallest absolute Gasteiger partial charge is 0.0595 e. The van der Waals surface area contributed by atoms with Crippen molar-refractivity contribution in [2.45, 2.75) is 38.6 Å². The summed E-state index contributed by atoms with van der Waals surface area (Å²) in [6.45, 7) is 0.775. The number of rotatable bonds is 3. The minimum Gasteiger partial charge on any atom is -0.306 e. The third-order valence-electron chi connectivity index (χ3n) is 2.67. The second-order valence-corrected chi connectivity index (χ2v) is 3.93. The molecule has 0 amide bonds. The number of hydrogen-bond acceptors (Lipinski definition) is 3. The summed E-state index contributed by atoms with van der Waals surface area (Å²) in [6.07, 6.45) is 9.95. The van der Waals surface area contributed by atoms with Gasteiger partial charge in [0.05, 0.1) is 6.54 Å². The Labute approximate surface area is 90.6 Å². The molecule has 0 aliphatic heterocycles. The molecule has 2 rings (SSSR count). The summed E-state index contributed by atoms with van der Waals surface area (Å²) in [5, 5.41) is 4.42. The van der Waals surface area contributed by atoms with Crippen LogP contribution in [0, 0.1) is 0 Å². The van der Waals surface area contributed by atoms with Crippen LogP contribution in [0.25, 0.3) is 0 Å². The van der Waals surface area contributed by atoms with Gasteiger partial charge in [-0.3, -0.25) is 4.98 Å². The molecule has 1 heterocycles. The molecule has 3 heteroatoms. The van der Waals surface area contributed by atoms with Crippen molar-refractivity contribution in [3.8, 4) is 0 Å². The van der Waals surface area contributed by atoms with E-state index in [1.807, 2.05) is 12.3 Å². The third kappa shape index (κ3) is 3.35. The number of hydrazone groups is 1. The fourth-order valence-corrected chi connectivity index (χ4v) is 1.82. The van der Waals surface area contributed by atoms with Crippen molar-refractivity contribution >= 4 is 5.71 Å². The Bertz CT molecular complexity index is 311. The van der Waals surface area contributed by atoms with Gasteiger partial charge < -0.3 is 5.43 Å². The molecule has 1 aliphatic rings. The van der Waals surface area contributed by atoms with Gasteiger partial charge in [0.15, 0.2) is 0 Å². The summed E-state index contributed by atoms with van der Waals surface area (Å²) in [5.74, 6) is 0. The van der Waals surface area contributed by atoms with Crippen LogP contribution in [0.4, 0.5) is 0 Å². The quantitative estimate of drug-likeness (QED) is 0.766. The van der Waals surface area contributed by atoms with Gasteiger partial charge in [-0.05, 0) is 37.3 Å². The first-order valence-electron chi connectivity index (χ1n) is 5.62. The molecular formula is C12H17N3. The summed E-state index contributed by atoms with van der Waals surface area (Å²) >= 11 is 0. The van der Waals surface area contributed by atoms with Gasteiger partial charge in [-0.25, -0.2) is 0 Å². The van der Waals surface area contributed by atoms with Crippen molar-refractivity contribution in [2.24, 2.45) is 5.10 Å². The van der Waals surface area contributed by atoms with Crippen LogP contribution in [0.1, 0.15) is 37.7 Å². The first kappa shape index (κ1) is 10.1. The van der Waals surface area contributed by atoms with Gasteiger partial charge in [0.2, 0.25) is 0 Å². The van der Waals surface area contributed by atoms with E-state index in [9.17, 15) is 0 Å². The molecule has 1 N–H and O–H groups in total. The van der Waals surface area contributed by atoms with Gasteiger partial charge in [0, 0.05) is 18.1 Å². The Morgan fingerprint density at radius 2 is 2.13 bits per heavy atom. The second kappa shape index (κ2) is 5.49. The lowest BCUT2D eigenvalue weighted by molar-refractivity contribution is 0.646. The number of nitrogens with zero attached hydrogens (tertiary/aromatic N) is 2. The largest absolute Gasteiger partial charge is 0.306 e. The zero-order valence-electron chi connectivity index (χ0n) is 8.95. The molecule has 0 unspecified atom stereocenters. The fraction of sp³-hybridized carbons (Fsp3) is 0.500. The molecular weight excluding hydrogens is 186 g/mol. The van der Waals surface area contributed by atoms with E-state index in [2.05, 4.69) is 21.6 Å². The molecule has 15 heavy (non-hydrogen) atoms. The van der Waals surface area contributed by atoms with Gasteiger partial charge >= 0.3 is 0 Å². The summed E-state index contributed by atoms with van der Waals surface area (Å²) in [6, 6.07) is 4.01. The van der Waals surface area contributed by atoms with E-state index >= 15 is 0 Å². The van der Waals surface area contributed by atoms with E-state index in [4.69, 9.17) is 0 Å². The fourth-order valence-electron chi connectivity index (χ4n) is 1.82. The lowest BCUT2D eigenvalue weighted by Gasteiger charge is -2.12. The van der Waals surface area contributed by atoms with Crippen LogP contribution >= 0.6 is 0 Å². The highest BCUT2D eigenvalue weighted by Crippen LogP contribution is 2.14. The Hall–Kier alpha value is -1.38. The van der Waals surface area contributed by atoms with Crippen LogP contribution < -0.4 is 5.43 Å². The molecule has 1 aromatic heterocycles. The SMILES string of the molecule is c1cncc(CNN=C2CCCCC2)c1. The predicted molar refractivity (Wildman–Crippen MR) is 61.6 cm³/mol. The van der Waals surface area contributed by atoms with Crippen molar-refractivity contribution in [2.75, 3.05) is 0 Å². The topological polar surface area (TPSA) is 37.3 Å². The van der Waals surface area contributed by atoms with E-state index in [1.165, 1.54) is 43.4 Å². The molecule has 0 aromatic carbocycles. The Kier molecular flexibility index (Phi) is 3.71. The van der Waals surface area contributed by atoms with Gasteiger partial charge in [0.1, 0.15) is 0 Å². The van der Waals surface area contributed by atoms with Crippen LogP contribution in [0.5, 0.6) is 0 Å². The summed E-state index contributed by atoms with van der Waals surface area (Å²) in [5.41, 5.74) is 5.62. The van der Waals surface area contributed by atoms with Crippen molar-refractivity contribution in [1.29, 1.82) is 0 Å². The lowest BCUT2D eigenvalue weighted by Crippen LogP contribution is -2.12. The molecule has 1 saturated carbocycles. The maximum Gasteiger partial charge on any atom is 0.0595 e. The van der Waals surface area contributed by atoms with Gasteiger partial charge in [-0.15, -0.1) is 0 Å². The Morgan fingerprint density at radius 1 is 1.27 bits per heavy atom. The number of pyridine rings is 1. The van der Waals surface area contributed by atoms with Crippen molar-refractivity contribution in [3.05, 3.63) is 30.1 Å². The molecule has 80 valence electrons. The minimum atomic E-state index is 0.775. The molecule has 0 bridgehead atoms. The third-order valence-corrected chi connectivity index (χ3v) is 2.67. The highest BCUT2D eigenvalue weighted by atomic mass is 15.3. The van der Waals surface area contributed by atoms with Crippen LogP contribution in [0.15, 0.2) is 29.6 Å². The lowest BCUT2D eigenvalue weighted by atomic mass is 9.99. The zero-order valence-corrected chi connectivity index (χ0v) is 8.95. The molecule has 0 atom stereocenters. The van der Waals surface area contributed by atoms with Crippen LogP contribution in [0.3, 0.4) is 0 Å². The van der Waals surface area contributed by atoms with Crippen LogP contribution in [-0.4, -0.2) is 10.7 Å². The Morgan fingerprint density at radius 3 is 2.87 bits per heavy atom. The maximum atomic E-state index is 4.42. The van der Waals surface area contributed by atoms with Crippen molar-refractivity contribution in [3.63, 3.8) is 0 Å². The van der Waals surface area contributed by atoms with E-state index in [0.29, 0.717) is 0 Å². The van der Waals surface area contributed by atoms with E-state index in [1.54, 1.807) is 6.20 Å². The minimum absolute atomic E-state index is 0.775. The molecule has 1 fully saturated rings. The molecule has 0 saturated heterocycles. The maximum absolute atomic E-state index is 4.42. The molecule has 0 radical (unpaired) electrons. The normalized spacial score (nSPS) is 16.1. The monoisotopic (exact) mass is 203 g/mol. The Balaban J connectivity index is 1.78. The van der Waals surface area contributed by atoms with Crippen LogP contribution in [-0.2, 0) is 6.54 Å². The molecule has 0 spiro atoms. The average Bonchev–Trinajstić information content (AvgIpc) is 2.32. The first-order valence-corrected chi connectivity index (χ1v) is 5.62. The van der Waals surface area contributed by atoms with Crippen molar-refractivity contribution < 1.29 is 0 Å². The number of aromatic nitrogens is 1. The highest BCUT2D eigenvalue weighted by molar-refractivity contribution is 5.84. The standard InChI is InChI=1S/C12H17N3/c1-2-6-12(7-3-1)15-14-10-11-5-4-8-13-9-11/h4-5,8-9,14H,1-3,6-7,10H2. The second-order valence-electron chi connectivity index (χ2n) is 3.93. The average molecular weight is 203 g/mol. The van der Waals surface area contributed by atoms with Crippen LogP contribution in [0.2, 0.25) is 0 Å². The highest BCUT2D eigenvalue weighted by Gasteiger charge is 2.05. The summed E-state index contributed by atoms with van der Waals surface area (Å²) < 4.78 is 0. The van der Waals surface area contributed by atoms with Gasteiger partial charge in [-0.1, -0.05) is 12.5 Å². The number of nitrogens with one attached hydrogen (secondary N) is 1. The zero-order chi connectivity index (χ0) is 10.3.